The minimum atomic E-state index is -0.295. The number of rotatable bonds is 6. The van der Waals surface area contributed by atoms with Gasteiger partial charge in [-0.2, -0.15) is 0 Å². The normalized spacial score (nSPS) is 18.9. The maximum absolute atomic E-state index is 13.3. The topological polar surface area (TPSA) is 64.0 Å². The summed E-state index contributed by atoms with van der Waals surface area (Å²) in [6, 6.07) is 6.25. The van der Waals surface area contributed by atoms with Crippen LogP contribution in [0.4, 0.5) is 4.39 Å². The van der Waals surface area contributed by atoms with Crippen LogP contribution in [-0.2, 0) is 17.8 Å². The van der Waals surface area contributed by atoms with E-state index in [1.165, 1.54) is 30.3 Å². The van der Waals surface area contributed by atoms with Crippen molar-refractivity contribution in [2.75, 3.05) is 5.75 Å². The van der Waals surface area contributed by atoms with Gasteiger partial charge >= 0.3 is 0 Å². The first-order valence-electron chi connectivity index (χ1n) is 10.5. The van der Waals surface area contributed by atoms with Gasteiger partial charge in [0.2, 0.25) is 5.91 Å². The summed E-state index contributed by atoms with van der Waals surface area (Å²) in [5.41, 5.74) is 1.78. The van der Waals surface area contributed by atoms with Gasteiger partial charge in [-0.3, -0.25) is 14.2 Å². The molecule has 1 unspecified atom stereocenters. The van der Waals surface area contributed by atoms with E-state index in [0.717, 1.165) is 48.3 Å². The van der Waals surface area contributed by atoms with Gasteiger partial charge in [-0.05, 0) is 30.5 Å². The fourth-order valence-electron chi connectivity index (χ4n) is 4.06. The SMILES string of the molecule is CC1Cc2nc(SCC(=O)NCc3ccc(F)cc3)n(C3CCCCC3)c(=O)c2S1. The van der Waals surface area contributed by atoms with Crippen molar-refractivity contribution in [2.24, 2.45) is 0 Å². The number of fused-ring (bicyclic) bond motifs is 1. The van der Waals surface area contributed by atoms with Crippen molar-refractivity contribution in [3.63, 3.8) is 0 Å². The van der Waals surface area contributed by atoms with Crippen molar-refractivity contribution in [3.8, 4) is 0 Å². The molecule has 2 aliphatic rings. The third-order valence-electron chi connectivity index (χ3n) is 5.59. The van der Waals surface area contributed by atoms with Crippen molar-refractivity contribution >= 4 is 29.4 Å². The number of carbonyl (C=O) groups is 1. The number of carbonyl (C=O) groups excluding carboxylic acids is 1. The number of aromatic nitrogens is 2. The van der Waals surface area contributed by atoms with Crippen LogP contribution >= 0.6 is 23.5 Å². The number of amides is 1. The van der Waals surface area contributed by atoms with Crippen LogP contribution in [0.3, 0.4) is 0 Å². The average Bonchev–Trinajstić information content (AvgIpc) is 3.13. The fourth-order valence-corrected chi connectivity index (χ4v) is 6.07. The Labute approximate surface area is 184 Å². The molecule has 0 saturated heterocycles. The van der Waals surface area contributed by atoms with E-state index >= 15 is 0 Å². The molecular weight excluding hydrogens is 421 g/mol. The highest BCUT2D eigenvalue weighted by Gasteiger charge is 2.29. The second kappa shape index (κ2) is 9.56. The molecule has 160 valence electrons. The maximum Gasteiger partial charge on any atom is 0.268 e. The molecule has 2 aromatic rings. The summed E-state index contributed by atoms with van der Waals surface area (Å²) in [5.74, 6) is -0.226. The van der Waals surface area contributed by atoms with Crippen molar-refractivity contribution in [2.45, 2.75) is 73.3 Å². The summed E-state index contributed by atoms with van der Waals surface area (Å²) in [4.78, 5) is 31.3. The Morgan fingerprint density at radius 3 is 2.73 bits per heavy atom. The van der Waals surface area contributed by atoms with Gasteiger partial charge in [0.15, 0.2) is 5.16 Å². The number of halogens is 1. The molecule has 1 atom stereocenters. The van der Waals surface area contributed by atoms with Gasteiger partial charge < -0.3 is 5.32 Å². The highest BCUT2D eigenvalue weighted by atomic mass is 32.2. The molecule has 1 aliphatic heterocycles. The Morgan fingerprint density at radius 1 is 1.27 bits per heavy atom. The zero-order valence-electron chi connectivity index (χ0n) is 17.0. The summed E-state index contributed by atoms with van der Waals surface area (Å²) >= 11 is 2.96. The summed E-state index contributed by atoms with van der Waals surface area (Å²) < 4.78 is 14.9. The Balaban J connectivity index is 1.47. The van der Waals surface area contributed by atoms with Crippen LogP contribution in [0.15, 0.2) is 39.1 Å². The third-order valence-corrected chi connectivity index (χ3v) is 7.75. The van der Waals surface area contributed by atoms with Gasteiger partial charge in [-0.25, -0.2) is 9.37 Å². The lowest BCUT2D eigenvalue weighted by Gasteiger charge is -2.26. The molecule has 30 heavy (non-hydrogen) atoms. The average molecular weight is 448 g/mol. The van der Waals surface area contributed by atoms with Crippen molar-refractivity contribution in [3.05, 3.63) is 51.7 Å². The van der Waals surface area contributed by atoms with E-state index in [1.54, 1.807) is 23.9 Å². The molecule has 1 saturated carbocycles. The zero-order valence-corrected chi connectivity index (χ0v) is 18.7. The molecule has 1 aliphatic carbocycles. The van der Waals surface area contributed by atoms with Crippen LogP contribution in [0.1, 0.15) is 56.3 Å². The number of hydrogen-bond donors (Lipinski definition) is 1. The van der Waals surface area contributed by atoms with Gasteiger partial charge in [-0.1, -0.05) is 50.1 Å². The first kappa shape index (κ1) is 21.4. The molecule has 2 heterocycles. The second-order valence-corrected chi connectivity index (χ2v) is 10.4. The highest BCUT2D eigenvalue weighted by molar-refractivity contribution is 8.00. The molecule has 5 nitrogen and oxygen atoms in total. The standard InChI is InChI=1S/C22H26FN3O2S2/c1-14-11-18-20(30-14)21(28)26(17-5-3-2-4-6-17)22(25-18)29-13-19(27)24-12-15-7-9-16(23)10-8-15/h7-10,14,17H,2-6,11-13H2,1H3,(H,24,27). The molecule has 1 N–H and O–H groups in total. The van der Waals surface area contributed by atoms with E-state index < -0.39 is 0 Å². The predicted molar refractivity (Wildman–Crippen MR) is 119 cm³/mol. The lowest BCUT2D eigenvalue weighted by atomic mass is 9.95. The number of nitrogens with zero attached hydrogens (tertiary/aromatic N) is 2. The molecule has 0 bridgehead atoms. The zero-order chi connectivity index (χ0) is 21.1. The van der Waals surface area contributed by atoms with Gasteiger partial charge in [0.1, 0.15) is 5.82 Å². The van der Waals surface area contributed by atoms with Gasteiger partial charge in [-0.15, -0.1) is 11.8 Å². The largest absolute Gasteiger partial charge is 0.351 e. The number of benzene rings is 1. The van der Waals surface area contributed by atoms with E-state index in [9.17, 15) is 14.0 Å². The number of thioether (sulfide) groups is 2. The van der Waals surface area contributed by atoms with Gasteiger partial charge in [0.05, 0.1) is 16.3 Å². The summed E-state index contributed by atoms with van der Waals surface area (Å²) in [7, 11) is 0. The fraction of sp³-hybridized carbons (Fsp3) is 0.500. The molecule has 8 heteroatoms. The Morgan fingerprint density at radius 2 is 2.00 bits per heavy atom. The summed E-state index contributed by atoms with van der Waals surface area (Å²) in [5, 5.41) is 3.88. The van der Waals surface area contributed by atoms with E-state index in [1.807, 2.05) is 4.57 Å². The highest BCUT2D eigenvalue weighted by Crippen LogP contribution is 2.36. The molecule has 1 amide bonds. The molecular formula is C22H26FN3O2S2. The van der Waals surface area contributed by atoms with Crippen LogP contribution < -0.4 is 10.9 Å². The minimum Gasteiger partial charge on any atom is -0.351 e. The minimum absolute atomic E-state index is 0.0653. The van der Waals surface area contributed by atoms with Crippen LogP contribution in [0.25, 0.3) is 0 Å². The van der Waals surface area contributed by atoms with Crippen molar-refractivity contribution in [1.29, 1.82) is 0 Å². The summed E-state index contributed by atoms with van der Waals surface area (Å²) in [6.45, 7) is 2.47. The van der Waals surface area contributed by atoms with Crippen LogP contribution in [-0.4, -0.2) is 26.5 Å². The Hall–Kier alpha value is -1.80. The molecule has 4 rings (SSSR count). The Bertz CT molecular complexity index is 972. The van der Waals surface area contributed by atoms with E-state index in [2.05, 4.69) is 12.2 Å². The Kier molecular flexibility index (Phi) is 6.83. The van der Waals surface area contributed by atoms with Crippen LogP contribution in [0.2, 0.25) is 0 Å². The number of nitrogens with one attached hydrogen (secondary N) is 1. The molecule has 1 aromatic carbocycles. The maximum atomic E-state index is 13.3. The van der Waals surface area contributed by atoms with E-state index in [0.29, 0.717) is 17.0 Å². The monoisotopic (exact) mass is 447 g/mol. The molecule has 0 spiro atoms. The van der Waals surface area contributed by atoms with E-state index in [-0.39, 0.29) is 29.1 Å². The first-order chi connectivity index (χ1) is 14.5. The van der Waals surface area contributed by atoms with Gasteiger partial charge in [0, 0.05) is 24.3 Å². The first-order valence-corrected chi connectivity index (χ1v) is 12.3. The van der Waals surface area contributed by atoms with E-state index in [4.69, 9.17) is 4.98 Å². The lowest BCUT2D eigenvalue weighted by molar-refractivity contribution is -0.118. The second-order valence-electron chi connectivity index (χ2n) is 7.96. The van der Waals surface area contributed by atoms with Crippen molar-refractivity contribution < 1.29 is 9.18 Å². The quantitative estimate of drug-likeness (QED) is 0.527. The summed E-state index contributed by atoms with van der Waals surface area (Å²) in [6.07, 6.45) is 6.24. The third kappa shape index (κ3) is 4.91. The number of hydrogen-bond acceptors (Lipinski definition) is 5. The van der Waals surface area contributed by atoms with Gasteiger partial charge in [0.25, 0.3) is 5.56 Å². The predicted octanol–water partition coefficient (Wildman–Crippen LogP) is 4.33. The lowest BCUT2D eigenvalue weighted by Crippen LogP contribution is -2.31. The van der Waals surface area contributed by atoms with Crippen LogP contribution in [0, 0.1) is 5.82 Å². The molecule has 0 radical (unpaired) electrons. The molecule has 1 aromatic heterocycles. The smallest absolute Gasteiger partial charge is 0.268 e. The van der Waals surface area contributed by atoms with Crippen molar-refractivity contribution in [1.82, 2.24) is 14.9 Å². The van der Waals surface area contributed by atoms with Crippen LogP contribution in [0.5, 0.6) is 0 Å². The molecule has 1 fully saturated rings.